The van der Waals surface area contributed by atoms with E-state index in [4.69, 9.17) is 22.1 Å². The molecule has 94 valence electrons. The summed E-state index contributed by atoms with van der Waals surface area (Å²) in [5, 5.41) is 0.451. The van der Waals surface area contributed by atoms with Crippen LogP contribution in [0.5, 0.6) is 11.6 Å². The van der Waals surface area contributed by atoms with Crippen molar-refractivity contribution >= 4 is 27.5 Å². The molecule has 2 N–H and O–H groups in total. The molecule has 0 bridgehead atoms. The number of aryl methyl sites for hydroxylation is 1. The van der Waals surface area contributed by atoms with E-state index in [9.17, 15) is 0 Å². The molecule has 0 amide bonds. The minimum atomic E-state index is 0.354. The first-order valence-electron chi connectivity index (χ1n) is 5.39. The summed E-state index contributed by atoms with van der Waals surface area (Å²) in [7, 11) is 0. The fraction of sp³-hybridized carbons (Fsp3) is 0.154. The van der Waals surface area contributed by atoms with Crippen LogP contribution in [-0.4, -0.2) is 4.98 Å². The highest BCUT2D eigenvalue weighted by Crippen LogP contribution is 2.33. The van der Waals surface area contributed by atoms with Gasteiger partial charge in [0, 0.05) is 12.7 Å². The molecule has 0 aliphatic heterocycles. The minimum absolute atomic E-state index is 0.354. The fourth-order valence-electron chi connectivity index (χ4n) is 1.48. The molecule has 0 unspecified atom stereocenters. The van der Waals surface area contributed by atoms with Gasteiger partial charge in [0.05, 0.1) is 4.47 Å². The van der Waals surface area contributed by atoms with Gasteiger partial charge in [-0.25, -0.2) is 4.98 Å². The number of rotatable bonds is 3. The van der Waals surface area contributed by atoms with E-state index in [1.165, 1.54) is 0 Å². The molecule has 5 heteroatoms. The van der Waals surface area contributed by atoms with Gasteiger partial charge in [-0.05, 0) is 52.2 Å². The van der Waals surface area contributed by atoms with Gasteiger partial charge in [0.25, 0.3) is 0 Å². The summed E-state index contributed by atoms with van der Waals surface area (Å²) in [4.78, 5) is 4.12. The topological polar surface area (TPSA) is 48.1 Å². The molecule has 18 heavy (non-hydrogen) atoms. The predicted octanol–water partition coefficient (Wildman–Crippen LogP) is 4.06. The number of pyridine rings is 1. The SMILES string of the molecule is Cc1ccc(Oc2nccc(CN)c2Cl)c(Br)c1. The van der Waals surface area contributed by atoms with Crippen LogP contribution >= 0.6 is 27.5 Å². The van der Waals surface area contributed by atoms with Crippen molar-refractivity contribution in [2.75, 3.05) is 0 Å². The Hall–Kier alpha value is -1.10. The third kappa shape index (κ3) is 2.83. The lowest BCUT2D eigenvalue weighted by molar-refractivity contribution is 0.459. The lowest BCUT2D eigenvalue weighted by Gasteiger charge is -2.10. The second kappa shape index (κ2) is 5.69. The van der Waals surface area contributed by atoms with E-state index in [1.54, 1.807) is 12.3 Å². The molecule has 0 atom stereocenters. The standard InChI is InChI=1S/C13H12BrClN2O/c1-8-2-3-11(10(14)6-8)18-13-12(15)9(7-16)4-5-17-13/h2-6H,7,16H2,1H3. The summed E-state index contributed by atoms with van der Waals surface area (Å²) >= 11 is 9.60. The molecule has 1 heterocycles. The van der Waals surface area contributed by atoms with E-state index in [0.29, 0.717) is 23.2 Å². The highest BCUT2D eigenvalue weighted by molar-refractivity contribution is 9.10. The smallest absolute Gasteiger partial charge is 0.238 e. The first-order chi connectivity index (χ1) is 8.61. The Morgan fingerprint density at radius 3 is 2.83 bits per heavy atom. The van der Waals surface area contributed by atoms with Crippen LogP contribution in [0.1, 0.15) is 11.1 Å². The number of halogens is 2. The van der Waals surface area contributed by atoms with Crippen molar-refractivity contribution in [1.82, 2.24) is 4.98 Å². The molecule has 1 aromatic carbocycles. The van der Waals surface area contributed by atoms with Gasteiger partial charge >= 0.3 is 0 Å². The van der Waals surface area contributed by atoms with E-state index in [-0.39, 0.29) is 0 Å². The van der Waals surface area contributed by atoms with Gasteiger partial charge in [-0.3, -0.25) is 0 Å². The maximum Gasteiger partial charge on any atom is 0.238 e. The maximum atomic E-state index is 6.16. The van der Waals surface area contributed by atoms with E-state index in [0.717, 1.165) is 15.6 Å². The molecule has 0 fully saturated rings. The summed E-state index contributed by atoms with van der Waals surface area (Å²) in [5.74, 6) is 1.04. The molecule has 2 rings (SSSR count). The molecule has 0 aliphatic rings. The third-order valence-corrected chi connectivity index (χ3v) is 3.48. The largest absolute Gasteiger partial charge is 0.436 e. The second-order valence-electron chi connectivity index (χ2n) is 3.83. The number of nitrogens with two attached hydrogens (primary N) is 1. The van der Waals surface area contributed by atoms with Crippen molar-refractivity contribution in [3.63, 3.8) is 0 Å². The average molecular weight is 328 g/mol. The summed E-state index contributed by atoms with van der Waals surface area (Å²) in [6, 6.07) is 7.57. The van der Waals surface area contributed by atoms with Gasteiger partial charge in [0.15, 0.2) is 0 Å². The van der Waals surface area contributed by atoms with Crippen molar-refractivity contribution in [3.8, 4) is 11.6 Å². The molecule has 0 saturated carbocycles. The van der Waals surface area contributed by atoms with Gasteiger partial charge in [0.1, 0.15) is 10.8 Å². The van der Waals surface area contributed by atoms with Gasteiger partial charge in [-0.2, -0.15) is 0 Å². The zero-order valence-corrected chi connectivity index (χ0v) is 12.1. The second-order valence-corrected chi connectivity index (χ2v) is 5.06. The van der Waals surface area contributed by atoms with Gasteiger partial charge < -0.3 is 10.5 Å². The number of ether oxygens (including phenoxy) is 1. The molecule has 0 saturated heterocycles. The normalized spacial score (nSPS) is 10.4. The van der Waals surface area contributed by atoms with E-state index < -0.39 is 0 Å². The Balaban J connectivity index is 2.34. The molecule has 1 aromatic heterocycles. The molecular weight excluding hydrogens is 316 g/mol. The number of nitrogens with zero attached hydrogens (tertiary/aromatic N) is 1. The Bertz CT molecular complexity index is 575. The van der Waals surface area contributed by atoms with Crippen LogP contribution in [0.25, 0.3) is 0 Å². The van der Waals surface area contributed by atoms with Crippen molar-refractivity contribution in [2.24, 2.45) is 5.73 Å². The third-order valence-electron chi connectivity index (χ3n) is 2.45. The zero-order chi connectivity index (χ0) is 13.1. The van der Waals surface area contributed by atoms with Crippen LogP contribution in [-0.2, 0) is 6.54 Å². The molecule has 3 nitrogen and oxygen atoms in total. The van der Waals surface area contributed by atoms with Crippen LogP contribution in [0, 0.1) is 6.92 Å². The number of aromatic nitrogens is 1. The van der Waals surface area contributed by atoms with E-state index in [1.807, 2.05) is 25.1 Å². The van der Waals surface area contributed by atoms with Crippen molar-refractivity contribution in [1.29, 1.82) is 0 Å². The summed E-state index contributed by atoms with van der Waals surface area (Å²) in [5.41, 5.74) is 7.54. The quantitative estimate of drug-likeness (QED) is 0.925. The summed E-state index contributed by atoms with van der Waals surface area (Å²) < 4.78 is 6.55. The molecule has 0 spiro atoms. The van der Waals surface area contributed by atoms with Crippen LogP contribution in [0.3, 0.4) is 0 Å². The van der Waals surface area contributed by atoms with E-state index in [2.05, 4.69) is 20.9 Å². The van der Waals surface area contributed by atoms with Crippen molar-refractivity contribution in [2.45, 2.75) is 13.5 Å². The Labute approximate surface area is 119 Å². The fourth-order valence-corrected chi connectivity index (χ4v) is 2.29. The Kier molecular flexibility index (Phi) is 4.22. The summed E-state index contributed by atoms with van der Waals surface area (Å²) in [6.07, 6.45) is 1.63. The van der Waals surface area contributed by atoms with Gasteiger partial charge in [0.2, 0.25) is 5.88 Å². The van der Waals surface area contributed by atoms with E-state index >= 15 is 0 Å². The number of benzene rings is 1. The predicted molar refractivity (Wildman–Crippen MR) is 76.1 cm³/mol. The number of hydrogen-bond donors (Lipinski definition) is 1. The monoisotopic (exact) mass is 326 g/mol. The zero-order valence-electron chi connectivity index (χ0n) is 9.78. The summed E-state index contributed by atoms with van der Waals surface area (Å²) in [6.45, 7) is 2.36. The average Bonchev–Trinajstić information content (AvgIpc) is 2.35. The minimum Gasteiger partial charge on any atom is -0.436 e. The maximum absolute atomic E-state index is 6.16. The number of hydrogen-bond acceptors (Lipinski definition) is 3. The first kappa shape index (κ1) is 13.3. The molecule has 0 aliphatic carbocycles. The van der Waals surface area contributed by atoms with Crippen molar-refractivity contribution < 1.29 is 4.74 Å². The van der Waals surface area contributed by atoms with Crippen LogP contribution in [0.4, 0.5) is 0 Å². The molecular formula is C13H12BrClN2O. The van der Waals surface area contributed by atoms with Crippen LogP contribution in [0.2, 0.25) is 5.02 Å². The van der Waals surface area contributed by atoms with Crippen LogP contribution in [0.15, 0.2) is 34.9 Å². The highest BCUT2D eigenvalue weighted by Gasteiger charge is 2.10. The van der Waals surface area contributed by atoms with Crippen LogP contribution < -0.4 is 10.5 Å². The lowest BCUT2D eigenvalue weighted by atomic mass is 10.2. The lowest BCUT2D eigenvalue weighted by Crippen LogP contribution is -1.99. The Morgan fingerprint density at radius 1 is 1.39 bits per heavy atom. The molecule has 0 radical (unpaired) electrons. The first-order valence-corrected chi connectivity index (χ1v) is 6.56. The van der Waals surface area contributed by atoms with Crippen molar-refractivity contribution in [3.05, 3.63) is 51.1 Å². The van der Waals surface area contributed by atoms with Gasteiger partial charge in [-0.15, -0.1) is 0 Å². The highest BCUT2D eigenvalue weighted by atomic mass is 79.9. The van der Waals surface area contributed by atoms with Gasteiger partial charge in [-0.1, -0.05) is 17.7 Å². The molecule has 2 aromatic rings. The Morgan fingerprint density at radius 2 is 2.17 bits per heavy atom.